The molecule has 164 valence electrons. The Morgan fingerprint density at radius 1 is 0.969 bits per heavy atom. The number of piperidine rings is 1. The van der Waals surface area contributed by atoms with E-state index in [4.69, 9.17) is 0 Å². The second kappa shape index (κ2) is 9.47. The van der Waals surface area contributed by atoms with Gasteiger partial charge in [-0.2, -0.15) is 0 Å². The zero-order valence-corrected chi connectivity index (χ0v) is 17.5. The molecule has 3 aromatic rings. The molecule has 0 spiro atoms. The standard InChI is InChI=1S/C24H24N4O4/c29-21(15-26-23(31)19-14-25-20-10-3-2-9-18(20)22(19)30)27-17-8-6-7-16(13-17)24(32)28-11-4-1-5-12-28/h2-3,6-10,13-14H,1,4-5,11-12,15H2,(H,25,30)(H,26,31)(H,27,29). The van der Waals surface area contributed by atoms with Crippen LogP contribution in [0.3, 0.4) is 0 Å². The Bertz CT molecular complexity index is 1230. The van der Waals surface area contributed by atoms with E-state index in [1.54, 1.807) is 48.5 Å². The molecule has 1 saturated heterocycles. The van der Waals surface area contributed by atoms with Gasteiger partial charge in [0.05, 0.1) is 6.54 Å². The zero-order valence-electron chi connectivity index (χ0n) is 17.5. The third-order valence-electron chi connectivity index (χ3n) is 5.48. The summed E-state index contributed by atoms with van der Waals surface area (Å²) >= 11 is 0. The molecule has 1 aromatic heterocycles. The van der Waals surface area contributed by atoms with Gasteiger partial charge in [-0.05, 0) is 49.6 Å². The first-order chi connectivity index (χ1) is 15.5. The average molecular weight is 432 g/mol. The lowest BCUT2D eigenvalue weighted by atomic mass is 10.1. The number of carbonyl (C=O) groups excluding carboxylic acids is 3. The lowest BCUT2D eigenvalue weighted by Gasteiger charge is -2.26. The number of nitrogens with zero attached hydrogens (tertiary/aromatic N) is 1. The van der Waals surface area contributed by atoms with Crippen molar-refractivity contribution in [2.45, 2.75) is 19.3 Å². The first-order valence-electron chi connectivity index (χ1n) is 10.6. The second-order valence-corrected chi connectivity index (χ2v) is 7.74. The van der Waals surface area contributed by atoms with Crippen molar-refractivity contribution in [3.8, 4) is 0 Å². The number of aromatic nitrogens is 1. The second-order valence-electron chi connectivity index (χ2n) is 7.74. The summed E-state index contributed by atoms with van der Waals surface area (Å²) in [5.74, 6) is -1.15. The molecule has 3 amide bonds. The smallest absolute Gasteiger partial charge is 0.257 e. The normalized spacial score (nSPS) is 13.6. The van der Waals surface area contributed by atoms with Crippen LogP contribution in [0.1, 0.15) is 40.0 Å². The largest absolute Gasteiger partial charge is 0.360 e. The van der Waals surface area contributed by atoms with E-state index in [0.717, 1.165) is 32.4 Å². The number of fused-ring (bicyclic) bond motifs is 1. The summed E-state index contributed by atoms with van der Waals surface area (Å²) in [5, 5.41) is 5.55. The number of hydrogen-bond donors (Lipinski definition) is 3. The first-order valence-corrected chi connectivity index (χ1v) is 10.6. The summed E-state index contributed by atoms with van der Waals surface area (Å²) in [7, 11) is 0. The number of para-hydroxylation sites is 1. The van der Waals surface area contributed by atoms with Crippen molar-refractivity contribution in [1.82, 2.24) is 15.2 Å². The third-order valence-corrected chi connectivity index (χ3v) is 5.48. The molecule has 1 aliphatic rings. The monoisotopic (exact) mass is 432 g/mol. The van der Waals surface area contributed by atoms with Crippen LogP contribution in [0.15, 0.2) is 59.5 Å². The lowest BCUT2D eigenvalue weighted by molar-refractivity contribution is -0.115. The van der Waals surface area contributed by atoms with Crippen LogP contribution >= 0.6 is 0 Å². The molecule has 8 heteroatoms. The minimum atomic E-state index is -0.638. The number of anilines is 1. The van der Waals surface area contributed by atoms with Crippen LogP contribution < -0.4 is 16.1 Å². The Morgan fingerprint density at radius 2 is 1.75 bits per heavy atom. The van der Waals surface area contributed by atoms with E-state index in [1.807, 2.05) is 4.90 Å². The molecule has 0 bridgehead atoms. The van der Waals surface area contributed by atoms with Gasteiger partial charge in [-0.15, -0.1) is 0 Å². The minimum Gasteiger partial charge on any atom is -0.360 e. The maximum atomic E-state index is 12.7. The summed E-state index contributed by atoms with van der Waals surface area (Å²) in [6.45, 7) is 1.18. The van der Waals surface area contributed by atoms with E-state index in [2.05, 4.69) is 15.6 Å². The molecule has 8 nitrogen and oxygen atoms in total. The number of benzene rings is 2. The van der Waals surface area contributed by atoms with E-state index in [-0.39, 0.29) is 18.0 Å². The van der Waals surface area contributed by atoms with Crippen molar-refractivity contribution < 1.29 is 14.4 Å². The summed E-state index contributed by atoms with van der Waals surface area (Å²) in [6, 6.07) is 13.6. The molecule has 1 aliphatic heterocycles. The number of amides is 3. The van der Waals surface area contributed by atoms with Gasteiger partial charge in [0.1, 0.15) is 5.56 Å². The molecule has 0 radical (unpaired) electrons. The third kappa shape index (κ3) is 4.69. The number of likely N-dealkylation sites (tertiary alicyclic amines) is 1. The Hall–Kier alpha value is -3.94. The molecule has 3 N–H and O–H groups in total. The first kappa shape index (κ1) is 21.3. The summed E-state index contributed by atoms with van der Waals surface area (Å²) in [4.78, 5) is 54.7. The van der Waals surface area contributed by atoms with Gasteiger partial charge in [-0.25, -0.2) is 0 Å². The van der Waals surface area contributed by atoms with Gasteiger partial charge in [0.2, 0.25) is 11.3 Å². The molecular formula is C24H24N4O4. The predicted molar refractivity (Wildman–Crippen MR) is 122 cm³/mol. The van der Waals surface area contributed by atoms with E-state index < -0.39 is 17.2 Å². The number of carbonyl (C=O) groups is 3. The number of H-pyrrole nitrogens is 1. The quantitative estimate of drug-likeness (QED) is 0.575. The molecule has 2 aromatic carbocycles. The van der Waals surface area contributed by atoms with Crippen molar-refractivity contribution in [3.05, 3.63) is 76.1 Å². The number of nitrogens with one attached hydrogen (secondary N) is 3. The van der Waals surface area contributed by atoms with Crippen LogP contribution in [0.2, 0.25) is 0 Å². The van der Waals surface area contributed by atoms with Crippen LogP contribution in [0.25, 0.3) is 10.9 Å². The number of rotatable bonds is 5. The van der Waals surface area contributed by atoms with Crippen molar-refractivity contribution in [2.75, 3.05) is 25.0 Å². The van der Waals surface area contributed by atoms with E-state index in [0.29, 0.717) is 22.2 Å². The maximum absolute atomic E-state index is 12.7. The lowest BCUT2D eigenvalue weighted by Crippen LogP contribution is -2.36. The van der Waals surface area contributed by atoms with Crippen LogP contribution in [0.5, 0.6) is 0 Å². The number of pyridine rings is 1. The van der Waals surface area contributed by atoms with Crippen molar-refractivity contribution in [2.24, 2.45) is 0 Å². The molecule has 0 atom stereocenters. The van der Waals surface area contributed by atoms with Crippen LogP contribution in [0.4, 0.5) is 5.69 Å². The highest BCUT2D eigenvalue weighted by atomic mass is 16.2. The number of hydrogen-bond acceptors (Lipinski definition) is 4. The van der Waals surface area contributed by atoms with Gasteiger partial charge < -0.3 is 20.5 Å². The molecule has 0 aliphatic carbocycles. The highest BCUT2D eigenvalue weighted by Gasteiger charge is 2.19. The van der Waals surface area contributed by atoms with E-state index in [9.17, 15) is 19.2 Å². The maximum Gasteiger partial charge on any atom is 0.257 e. The minimum absolute atomic E-state index is 0.0513. The highest BCUT2D eigenvalue weighted by molar-refractivity contribution is 6.01. The van der Waals surface area contributed by atoms with Crippen molar-refractivity contribution >= 4 is 34.3 Å². The molecule has 32 heavy (non-hydrogen) atoms. The van der Waals surface area contributed by atoms with Gasteiger partial charge in [-0.3, -0.25) is 19.2 Å². The Kier molecular flexibility index (Phi) is 6.30. The van der Waals surface area contributed by atoms with Crippen molar-refractivity contribution in [1.29, 1.82) is 0 Å². The molecule has 0 saturated carbocycles. The Morgan fingerprint density at radius 3 is 2.56 bits per heavy atom. The van der Waals surface area contributed by atoms with Crippen LogP contribution in [-0.2, 0) is 4.79 Å². The van der Waals surface area contributed by atoms with Gasteiger partial charge >= 0.3 is 0 Å². The van der Waals surface area contributed by atoms with Crippen molar-refractivity contribution in [3.63, 3.8) is 0 Å². The Labute approximate surface area is 184 Å². The van der Waals surface area contributed by atoms with Gasteiger partial charge in [0.25, 0.3) is 11.8 Å². The molecular weight excluding hydrogens is 408 g/mol. The zero-order chi connectivity index (χ0) is 22.5. The van der Waals surface area contributed by atoms with E-state index >= 15 is 0 Å². The fourth-order valence-corrected chi connectivity index (χ4v) is 3.81. The Balaban J connectivity index is 1.37. The fraction of sp³-hybridized carbons (Fsp3) is 0.250. The average Bonchev–Trinajstić information content (AvgIpc) is 2.83. The van der Waals surface area contributed by atoms with Gasteiger partial charge in [-0.1, -0.05) is 18.2 Å². The summed E-state index contributed by atoms with van der Waals surface area (Å²) in [5.41, 5.74) is 1.14. The SMILES string of the molecule is O=C(CNC(=O)c1c[nH]c2ccccc2c1=O)Nc1cccc(C(=O)N2CCCCC2)c1. The summed E-state index contributed by atoms with van der Waals surface area (Å²) in [6.07, 6.45) is 4.48. The van der Waals surface area contributed by atoms with Gasteiger partial charge in [0.15, 0.2) is 0 Å². The van der Waals surface area contributed by atoms with E-state index in [1.165, 1.54) is 6.20 Å². The topological polar surface area (TPSA) is 111 Å². The highest BCUT2D eigenvalue weighted by Crippen LogP contribution is 2.16. The molecule has 4 rings (SSSR count). The van der Waals surface area contributed by atoms with Crippen LogP contribution in [0, 0.1) is 0 Å². The molecule has 2 heterocycles. The van der Waals surface area contributed by atoms with Crippen LogP contribution in [-0.4, -0.2) is 47.2 Å². The number of aromatic amines is 1. The molecule has 1 fully saturated rings. The summed E-state index contributed by atoms with van der Waals surface area (Å²) < 4.78 is 0. The predicted octanol–water partition coefficient (Wildman–Crippen LogP) is 2.52. The van der Waals surface area contributed by atoms with Gasteiger partial charge in [0, 0.05) is 41.4 Å². The fourth-order valence-electron chi connectivity index (χ4n) is 3.81. The molecule has 0 unspecified atom stereocenters.